The molecule has 1 aliphatic heterocycles. The van der Waals surface area contributed by atoms with Crippen molar-refractivity contribution in [1.82, 2.24) is 10.6 Å². The van der Waals surface area contributed by atoms with E-state index in [4.69, 9.17) is 23.2 Å². The summed E-state index contributed by atoms with van der Waals surface area (Å²) in [5.74, 6) is -1.65. The number of amides is 3. The van der Waals surface area contributed by atoms with Gasteiger partial charge in [0, 0.05) is 13.0 Å². The Labute approximate surface area is 172 Å². The second-order valence-corrected chi connectivity index (χ2v) is 7.50. The molecular formula is C20H19Cl2N3O3. The lowest BCUT2D eigenvalue weighted by Crippen LogP contribution is -2.56. The maximum absolute atomic E-state index is 12.7. The summed E-state index contributed by atoms with van der Waals surface area (Å²) in [6.45, 7) is 1.74. The average Bonchev–Trinajstić information content (AvgIpc) is 2.76. The van der Waals surface area contributed by atoms with Crippen LogP contribution in [0.2, 0.25) is 10.0 Å². The predicted molar refractivity (Wildman–Crippen MR) is 109 cm³/mol. The Hall–Kier alpha value is -2.57. The van der Waals surface area contributed by atoms with E-state index in [1.54, 1.807) is 56.4 Å². The van der Waals surface area contributed by atoms with Crippen molar-refractivity contribution in [2.24, 2.45) is 5.92 Å². The third-order valence-corrected chi connectivity index (χ3v) is 5.36. The molecule has 146 valence electrons. The third kappa shape index (κ3) is 4.13. The second-order valence-electron chi connectivity index (χ2n) is 6.68. The average molecular weight is 420 g/mol. The number of halogens is 2. The molecule has 2 N–H and O–H groups in total. The monoisotopic (exact) mass is 419 g/mol. The molecule has 0 saturated heterocycles. The first-order valence-electron chi connectivity index (χ1n) is 8.69. The summed E-state index contributed by atoms with van der Waals surface area (Å²) < 4.78 is 0. The van der Waals surface area contributed by atoms with Crippen LogP contribution in [0, 0.1) is 5.92 Å². The fourth-order valence-corrected chi connectivity index (χ4v) is 3.36. The van der Waals surface area contributed by atoms with Crippen LogP contribution in [-0.4, -0.2) is 30.9 Å². The number of nitrogens with one attached hydrogen (secondary N) is 2. The van der Waals surface area contributed by atoms with E-state index in [0.29, 0.717) is 27.7 Å². The van der Waals surface area contributed by atoms with Gasteiger partial charge < -0.3 is 15.5 Å². The fourth-order valence-electron chi connectivity index (χ4n) is 3.04. The topological polar surface area (TPSA) is 78.5 Å². The molecule has 2 atom stereocenters. The van der Waals surface area contributed by atoms with Gasteiger partial charge in [-0.3, -0.25) is 14.4 Å². The molecule has 6 nitrogen and oxygen atoms in total. The molecule has 28 heavy (non-hydrogen) atoms. The van der Waals surface area contributed by atoms with Crippen LogP contribution < -0.4 is 15.5 Å². The van der Waals surface area contributed by atoms with Crippen LogP contribution in [0.5, 0.6) is 0 Å². The van der Waals surface area contributed by atoms with E-state index in [-0.39, 0.29) is 5.91 Å². The van der Waals surface area contributed by atoms with Crippen LogP contribution in [0.1, 0.15) is 22.8 Å². The van der Waals surface area contributed by atoms with Gasteiger partial charge in [0.25, 0.3) is 11.8 Å². The van der Waals surface area contributed by atoms with Crippen molar-refractivity contribution < 1.29 is 14.4 Å². The number of fused-ring (bicyclic) bond motifs is 1. The van der Waals surface area contributed by atoms with E-state index in [1.807, 2.05) is 0 Å². The zero-order chi connectivity index (χ0) is 20.4. The number of benzene rings is 2. The highest BCUT2D eigenvalue weighted by Gasteiger charge is 2.33. The fraction of sp³-hybridized carbons (Fsp3) is 0.250. The lowest BCUT2D eigenvalue weighted by Gasteiger charge is -2.23. The third-order valence-electron chi connectivity index (χ3n) is 4.62. The van der Waals surface area contributed by atoms with E-state index in [0.717, 1.165) is 5.56 Å². The molecule has 2 unspecified atom stereocenters. The van der Waals surface area contributed by atoms with Crippen molar-refractivity contribution in [3.63, 3.8) is 0 Å². The van der Waals surface area contributed by atoms with E-state index < -0.39 is 23.9 Å². The van der Waals surface area contributed by atoms with E-state index in [2.05, 4.69) is 10.6 Å². The maximum atomic E-state index is 12.7. The molecule has 0 bridgehead atoms. The Morgan fingerprint density at radius 1 is 1.18 bits per heavy atom. The summed E-state index contributed by atoms with van der Waals surface area (Å²) in [6, 6.07) is 11.9. The molecule has 0 radical (unpaired) electrons. The molecule has 1 heterocycles. The summed E-state index contributed by atoms with van der Waals surface area (Å²) in [5.41, 5.74) is 1.71. The Morgan fingerprint density at radius 3 is 2.61 bits per heavy atom. The zero-order valence-corrected chi connectivity index (χ0v) is 16.8. The first-order valence-corrected chi connectivity index (χ1v) is 9.45. The molecule has 3 rings (SSSR count). The molecule has 0 aliphatic carbocycles. The highest BCUT2D eigenvalue weighted by molar-refractivity contribution is 6.42. The number of nitrogens with zero attached hydrogens (tertiary/aromatic N) is 1. The number of rotatable bonds is 4. The maximum Gasteiger partial charge on any atom is 0.270 e. The highest BCUT2D eigenvalue weighted by Crippen LogP contribution is 2.24. The van der Waals surface area contributed by atoms with Gasteiger partial charge in [-0.15, -0.1) is 0 Å². The normalized spacial score (nSPS) is 17.4. The summed E-state index contributed by atoms with van der Waals surface area (Å²) in [4.78, 5) is 39.1. The van der Waals surface area contributed by atoms with Crippen molar-refractivity contribution in [2.45, 2.75) is 19.5 Å². The molecule has 2 aromatic rings. The minimum absolute atomic E-state index is 0.357. The Morgan fingerprint density at radius 2 is 1.89 bits per heavy atom. The summed E-state index contributed by atoms with van der Waals surface area (Å²) in [6.07, 6.45) is -0.734. The van der Waals surface area contributed by atoms with Crippen molar-refractivity contribution in [2.75, 3.05) is 11.9 Å². The van der Waals surface area contributed by atoms with Crippen molar-refractivity contribution in [3.8, 4) is 0 Å². The van der Waals surface area contributed by atoms with Gasteiger partial charge in [0.2, 0.25) is 5.91 Å². The molecule has 0 aromatic heterocycles. The van der Waals surface area contributed by atoms with Gasteiger partial charge in [-0.25, -0.2) is 0 Å². The van der Waals surface area contributed by atoms with E-state index >= 15 is 0 Å². The molecular weight excluding hydrogens is 401 g/mol. The molecule has 8 heteroatoms. The number of hydrogen-bond acceptors (Lipinski definition) is 3. The molecule has 1 aliphatic rings. The van der Waals surface area contributed by atoms with Crippen molar-refractivity contribution >= 4 is 46.6 Å². The Balaban J connectivity index is 1.72. The molecule has 0 spiro atoms. The minimum Gasteiger partial charge on any atom is -0.328 e. The molecule has 3 amide bonds. The zero-order valence-electron chi connectivity index (χ0n) is 15.3. The lowest BCUT2D eigenvalue weighted by atomic mass is 10.0. The Kier molecular flexibility index (Phi) is 5.91. The van der Waals surface area contributed by atoms with E-state index in [9.17, 15) is 14.4 Å². The number of carbonyl (C=O) groups excluding carboxylic acids is 3. The van der Waals surface area contributed by atoms with Crippen LogP contribution in [-0.2, 0) is 16.0 Å². The van der Waals surface area contributed by atoms with Gasteiger partial charge in [0.1, 0.15) is 0 Å². The van der Waals surface area contributed by atoms with Crippen LogP contribution >= 0.6 is 23.2 Å². The number of likely N-dealkylation sites (N-methyl/N-ethyl adjacent to an activating group) is 1. The van der Waals surface area contributed by atoms with E-state index in [1.165, 1.54) is 4.90 Å². The highest BCUT2D eigenvalue weighted by atomic mass is 35.5. The van der Waals surface area contributed by atoms with Gasteiger partial charge in [0.05, 0.1) is 21.3 Å². The van der Waals surface area contributed by atoms with Gasteiger partial charge >= 0.3 is 0 Å². The first kappa shape index (κ1) is 20.2. The second kappa shape index (κ2) is 8.20. The first-order chi connectivity index (χ1) is 13.3. The van der Waals surface area contributed by atoms with Crippen LogP contribution in [0.25, 0.3) is 0 Å². The minimum atomic E-state index is -1.14. The summed E-state index contributed by atoms with van der Waals surface area (Å²) >= 11 is 11.9. The van der Waals surface area contributed by atoms with Gasteiger partial charge in [-0.05, 0) is 36.2 Å². The largest absolute Gasteiger partial charge is 0.328 e. The summed E-state index contributed by atoms with van der Waals surface area (Å²) in [5, 5.41) is 6.07. The SMILES string of the molecule is CC(Cc1ccc(Cl)c(Cl)c1)C(=O)NC1NC(=O)c2ccccc2N(C)C1=O. The van der Waals surface area contributed by atoms with Gasteiger partial charge in [0.15, 0.2) is 6.17 Å². The van der Waals surface area contributed by atoms with Crippen molar-refractivity contribution in [1.29, 1.82) is 0 Å². The molecule has 2 aromatic carbocycles. The Bertz CT molecular complexity index is 948. The summed E-state index contributed by atoms with van der Waals surface area (Å²) in [7, 11) is 1.57. The number of para-hydroxylation sites is 1. The number of carbonyl (C=O) groups is 3. The number of hydrogen-bond donors (Lipinski definition) is 2. The van der Waals surface area contributed by atoms with Crippen LogP contribution in [0.4, 0.5) is 5.69 Å². The lowest BCUT2D eigenvalue weighted by molar-refractivity contribution is -0.130. The predicted octanol–water partition coefficient (Wildman–Crippen LogP) is 3.02. The molecule has 0 fully saturated rings. The quantitative estimate of drug-likeness (QED) is 0.798. The molecule has 0 saturated carbocycles. The van der Waals surface area contributed by atoms with Crippen LogP contribution in [0.3, 0.4) is 0 Å². The standard InChI is InChI=1S/C20H19Cl2N3O3/c1-11(9-12-7-8-14(21)15(22)10-12)18(26)23-17-20(28)25(2)16-6-4-3-5-13(16)19(27)24-17/h3-8,10-11,17H,9H2,1-2H3,(H,23,26)(H,24,27). The van der Waals surface area contributed by atoms with Crippen LogP contribution in [0.15, 0.2) is 42.5 Å². The number of anilines is 1. The van der Waals surface area contributed by atoms with Crippen molar-refractivity contribution in [3.05, 3.63) is 63.6 Å². The smallest absolute Gasteiger partial charge is 0.270 e. The van der Waals surface area contributed by atoms with Gasteiger partial charge in [-0.1, -0.05) is 48.3 Å². The van der Waals surface area contributed by atoms with Gasteiger partial charge in [-0.2, -0.15) is 0 Å².